The first kappa shape index (κ1) is 24.4. The molecule has 5 rings (SSSR count). The van der Waals surface area contributed by atoms with E-state index >= 15 is 0 Å². The summed E-state index contributed by atoms with van der Waals surface area (Å²) in [5, 5.41) is 15.6. The molecule has 0 saturated carbocycles. The molecule has 0 amide bonds. The molecule has 0 saturated heterocycles. The van der Waals surface area contributed by atoms with E-state index in [0.29, 0.717) is 40.1 Å². The van der Waals surface area contributed by atoms with Crippen LogP contribution < -0.4 is 10.9 Å². The molecule has 2 aliphatic heterocycles. The minimum absolute atomic E-state index is 0.0757. The Morgan fingerprint density at radius 2 is 2.08 bits per heavy atom. The molecular formula is C26H26N4O7. The Morgan fingerprint density at radius 3 is 2.76 bits per heavy atom. The molecule has 4 heterocycles. The molecule has 192 valence electrons. The highest BCUT2D eigenvalue weighted by Crippen LogP contribution is 2.44. The summed E-state index contributed by atoms with van der Waals surface area (Å²) in [7, 11) is 0. The van der Waals surface area contributed by atoms with Crippen LogP contribution in [-0.2, 0) is 37.8 Å². The summed E-state index contributed by atoms with van der Waals surface area (Å²) in [5.41, 5.74) is 0.872. The summed E-state index contributed by atoms with van der Waals surface area (Å²) < 4.78 is 12.3. The van der Waals surface area contributed by atoms with Gasteiger partial charge in [0.15, 0.2) is 0 Å². The zero-order chi connectivity index (χ0) is 26.5. The molecule has 37 heavy (non-hydrogen) atoms. The fourth-order valence-corrected chi connectivity index (χ4v) is 5.25. The van der Waals surface area contributed by atoms with Crippen molar-refractivity contribution in [1.29, 1.82) is 0 Å². The van der Waals surface area contributed by atoms with Gasteiger partial charge in [-0.3, -0.25) is 19.7 Å². The summed E-state index contributed by atoms with van der Waals surface area (Å²) in [6.07, 6.45) is 1.85. The first-order valence-corrected chi connectivity index (χ1v) is 12.2. The predicted molar refractivity (Wildman–Crippen MR) is 134 cm³/mol. The summed E-state index contributed by atoms with van der Waals surface area (Å²) in [4.78, 5) is 54.7. The van der Waals surface area contributed by atoms with Crippen LogP contribution in [0.15, 0.2) is 29.1 Å². The van der Waals surface area contributed by atoms with Crippen molar-refractivity contribution in [3.63, 3.8) is 0 Å². The van der Waals surface area contributed by atoms with E-state index in [1.807, 2.05) is 6.92 Å². The number of nitrogens with zero attached hydrogens (tertiary/aromatic N) is 3. The maximum absolute atomic E-state index is 13.7. The molecule has 0 aliphatic carbocycles. The van der Waals surface area contributed by atoms with Gasteiger partial charge in [-0.15, -0.1) is 0 Å². The zero-order valence-corrected chi connectivity index (χ0v) is 20.8. The number of non-ortho nitro benzene ring substituents is 1. The van der Waals surface area contributed by atoms with Gasteiger partial charge >= 0.3 is 11.9 Å². The molecular weight excluding hydrogens is 480 g/mol. The summed E-state index contributed by atoms with van der Waals surface area (Å²) >= 11 is 0. The molecule has 0 unspecified atom stereocenters. The Labute approximate surface area is 211 Å². The molecule has 3 aromatic rings. The Balaban J connectivity index is 1.80. The lowest BCUT2D eigenvalue weighted by Crippen LogP contribution is -2.47. The van der Waals surface area contributed by atoms with Crippen molar-refractivity contribution in [1.82, 2.24) is 9.55 Å². The van der Waals surface area contributed by atoms with Gasteiger partial charge in [0.25, 0.3) is 11.2 Å². The maximum Gasteiger partial charge on any atom is 0.355 e. The van der Waals surface area contributed by atoms with Crippen LogP contribution >= 0.6 is 0 Å². The van der Waals surface area contributed by atoms with Crippen LogP contribution in [0.4, 0.5) is 11.4 Å². The second-order valence-corrected chi connectivity index (χ2v) is 9.19. The van der Waals surface area contributed by atoms with E-state index in [1.165, 1.54) is 17.6 Å². The van der Waals surface area contributed by atoms with Crippen LogP contribution in [-0.4, -0.2) is 33.0 Å². The summed E-state index contributed by atoms with van der Waals surface area (Å²) in [6, 6.07) is 6.37. The van der Waals surface area contributed by atoms with Gasteiger partial charge in [0.2, 0.25) is 5.60 Å². The van der Waals surface area contributed by atoms with Crippen molar-refractivity contribution >= 4 is 34.2 Å². The van der Waals surface area contributed by atoms with Gasteiger partial charge in [-0.2, -0.15) is 0 Å². The Kier molecular flexibility index (Phi) is 5.93. The molecule has 11 nitrogen and oxygen atoms in total. The number of esters is 2. The number of anilines is 1. The van der Waals surface area contributed by atoms with Crippen LogP contribution in [0.3, 0.4) is 0 Å². The standard InChI is InChI=1S/C26H26N4O7/c1-4-6-10-27-23-15-12-29-20(22(15)28-18-8-7-9-19(21(18)23)30(34)35)11-17-16(24(29)32)13-36-25(33)26(17,5-2)37-14(3)31/h7-9,11H,4-6,10,12-13H2,1-3H3,(H,27,28)/t26-/m0/s1. The molecule has 0 fully saturated rings. The number of nitro groups is 1. The van der Waals surface area contributed by atoms with E-state index < -0.39 is 22.5 Å². The van der Waals surface area contributed by atoms with E-state index in [0.717, 1.165) is 12.8 Å². The SMILES string of the molecule is CCCCNc1c2c(nc3cccc([N+](=O)[O-])c13)-c1cc3c(c(=O)n1C2)COC(=O)[C@@]3(CC)OC(C)=O. The molecule has 1 aromatic carbocycles. The molecule has 11 heteroatoms. The lowest BCUT2D eigenvalue weighted by atomic mass is 9.85. The number of pyridine rings is 2. The number of aromatic nitrogens is 2. The smallest absolute Gasteiger partial charge is 0.355 e. The van der Waals surface area contributed by atoms with Crippen molar-refractivity contribution in [3.05, 3.63) is 61.4 Å². The van der Waals surface area contributed by atoms with E-state index in [9.17, 15) is 24.5 Å². The van der Waals surface area contributed by atoms with Crippen LogP contribution in [0.25, 0.3) is 22.3 Å². The number of fused-ring (bicyclic) bond motifs is 5. The average molecular weight is 507 g/mol. The van der Waals surface area contributed by atoms with E-state index in [2.05, 4.69) is 5.32 Å². The van der Waals surface area contributed by atoms with E-state index in [-0.39, 0.29) is 41.9 Å². The number of hydrogen-bond acceptors (Lipinski definition) is 9. The quantitative estimate of drug-likeness (QED) is 0.171. The maximum atomic E-state index is 13.7. The third-order valence-electron chi connectivity index (χ3n) is 7.01. The number of carbonyl (C=O) groups is 2. The van der Waals surface area contributed by atoms with Crippen LogP contribution in [0.5, 0.6) is 0 Å². The van der Waals surface area contributed by atoms with Gasteiger partial charge in [-0.25, -0.2) is 9.78 Å². The molecule has 2 aliphatic rings. The number of cyclic esters (lactones) is 1. The number of ether oxygens (including phenoxy) is 2. The summed E-state index contributed by atoms with van der Waals surface area (Å²) in [6.45, 7) is 5.41. The minimum atomic E-state index is -1.74. The Morgan fingerprint density at radius 1 is 1.30 bits per heavy atom. The molecule has 1 N–H and O–H groups in total. The normalized spacial score (nSPS) is 17.5. The molecule has 1 atom stereocenters. The number of carbonyl (C=O) groups excluding carboxylic acids is 2. The predicted octanol–water partition coefficient (Wildman–Crippen LogP) is 3.77. The first-order chi connectivity index (χ1) is 17.7. The number of hydrogen-bond donors (Lipinski definition) is 1. The van der Waals surface area contributed by atoms with Gasteiger partial charge < -0.3 is 19.4 Å². The molecule has 0 spiro atoms. The largest absolute Gasteiger partial charge is 0.457 e. The molecule has 0 bridgehead atoms. The number of unbranched alkanes of at least 4 members (excludes halogenated alkanes) is 1. The van der Waals surface area contributed by atoms with Crippen molar-refractivity contribution in [2.75, 3.05) is 11.9 Å². The van der Waals surface area contributed by atoms with Gasteiger partial charge in [0.1, 0.15) is 12.0 Å². The van der Waals surface area contributed by atoms with E-state index in [1.54, 1.807) is 25.1 Å². The third kappa shape index (κ3) is 3.64. The second-order valence-electron chi connectivity index (χ2n) is 9.19. The Bertz CT molecular complexity index is 1540. The minimum Gasteiger partial charge on any atom is -0.457 e. The number of nitro benzene ring substituents is 1. The van der Waals surface area contributed by atoms with Crippen molar-refractivity contribution in [2.45, 2.75) is 58.8 Å². The van der Waals surface area contributed by atoms with Gasteiger partial charge in [0, 0.05) is 30.7 Å². The van der Waals surface area contributed by atoms with Gasteiger partial charge in [0.05, 0.1) is 39.6 Å². The first-order valence-electron chi connectivity index (χ1n) is 12.2. The fourth-order valence-electron chi connectivity index (χ4n) is 5.25. The highest BCUT2D eigenvalue weighted by atomic mass is 16.6. The highest BCUT2D eigenvalue weighted by molar-refractivity contribution is 6.03. The van der Waals surface area contributed by atoms with Crippen LogP contribution in [0.2, 0.25) is 0 Å². The average Bonchev–Trinajstić information content (AvgIpc) is 3.23. The van der Waals surface area contributed by atoms with Crippen LogP contribution in [0, 0.1) is 10.1 Å². The fraction of sp³-hybridized carbons (Fsp3) is 0.385. The van der Waals surface area contributed by atoms with Crippen molar-refractivity contribution in [3.8, 4) is 11.4 Å². The lowest BCUT2D eigenvalue weighted by Gasteiger charge is -2.35. The van der Waals surface area contributed by atoms with Crippen molar-refractivity contribution < 1.29 is 24.0 Å². The number of rotatable bonds is 7. The Hall–Kier alpha value is -4.28. The third-order valence-corrected chi connectivity index (χ3v) is 7.01. The van der Waals surface area contributed by atoms with E-state index in [4.69, 9.17) is 14.5 Å². The van der Waals surface area contributed by atoms with Crippen molar-refractivity contribution in [2.24, 2.45) is 0 Å². The zero-order valence-electron chi connectivity index (χ0n) is 20.8. The second kappa shape index (κ2) is 8.99. The summed E-state index contributed by atoms with van der Waals surface area (Å²) in [5.74, 6) is -1.41. The highest BCUT2D eigenvalue weighted by Gasteiger charge is 2.50. The number of benzene rings is 1. The van der Waals surface area contributed by atoms with Gasteiger partial charge in [-0.1, -0.05) is 26.3 Å². The molecule has 2 aromatic heterocycles. The van der Waals surface area contributed by atoms with Crippen LogP contribution in [0.1, 0.15) is 56.7 Å². The van der Waals surface area contributed by atoms with Gasteiger partial charge in [-0.05, 0) is 25.0 Å². The lowest BCUT2D eigenvalue weighted by molar-refractivity contribution is -0.383. The molecule has 0 radical (unpaired) electrons. The topological polar surface area (TPSA) is 143 Å². The monoisotopic (exact) mass is 506 g/mol. The number of nitrogens with one attached hydrogen (secondary N) is 1.